The average Bonchev–Trinajstić information content (AvgIpc) is 1.90. The summed E-state index contributed by atoms with van der Waals surface area (Å²) in [5.41, 5.74) is 0. The lowest BCUT2D eigenvalue weighted by Gasteiger charge is -2.23. The predicted octanol–water partition coefficient (Wildman–Crippen LogP) is -1.85. The molecule has 1 aliphatic rings. The van der Waals surface area contributed by atoms with E-state index in [1.165, 1.54) is 0 Å². The van der Waals surface area contributed by atoms with Crippen molar-refractivity contribution in [3.05, 3.63) is 0 Å². The minimum absolute atomic E-state index is 0.113. The Balaban J connectivity index is 2.31. The van der Waals surface area contributed by atoms with Crippen molar-refractivity contribution in [1.29, 1.82) is 0 Å². The molecule has 4 nitrogen and oxygen atoms in total. The summed E-state index contributed by atoms with van der Waals surface area (Å²) in [6.07, 6.45) is -0.862. The van der Waals surface area contributed by atoms with Gasteiger partial charge in [-0.3, -0.25) is 0 Å². The molecule has 0 N–H and O–H groups in total. The van der Waals surface area contributed by atoms with E-state index in [-0.39, 0.29) is 6.61 Å². The normalized spacial score (nSPS) is 27.8. The first-order valence-corrected chi connectivity index (χ1v) is 2.71. The Morgan fingerprint density at radius 3 is 2.67 bits per heavy atom. The van der Waals surface area contributed by atoms with Gasteiger partial charge in [0.15, 0.2) is 0 Å². The lowest BCUT2D eigenvalue weighted by atomic mass is 10.4. The molecule has 0 bridgehead atoms. The molecule has 0 aromatic carbocycles. The van der Waals surface area contributed by atoms with E-state index in [1.54, 1.807) is 0 Å². The van der Waals surface area contributed by atoms with Crippen LogP contribution in [0.15, 0.2) is 0 Å². The summed E-state index contributed by atoms with van der Waals surface area (Å²) in [4.78, 5) is 10.0. The first-order valence-electron chi connectivity index (χ1n) is 2.71. The molecule has 0 aromatic heterocycles. The summed E-state index contributed by atoms with van der Waals surface area (Å²) in [6, 6.07) is 0. The molecular weight excluding hydrogens is 124 g/mol. The Hall–Kier alpha value is -0.610. The van der Waals surface area contributed by atoms with Crippen LogP contribution in [-0.4, -0.2) is 31.9 Å². The van der Waals surface area contributed by atoms with Crippen LogP contribution in [0.4, 0.5) is 0 Å². The van der Waals surface area contributed by atoms with Crippen molar-refractivity contribution >= 4 is 5.97 Å². The largest absolute Gasteiger partial charge is 0.547 e. The van der Waals surface area contributed by atoms with E-state index in [9.17, 15) is 9.90 Å². The van der Waals surface area contributed by atoms with Gasteiger partial charge in [0.1, 0.15) is 6.10 Å². The van der Waals surface area contributed by atoms with Crippen molar-refractivity contribution < 1.29 is 19.4 Å². The lowest BCUT2D eigenvalue weighted by molar-refractivity contribution is -0.321. The summed E-state index contributed by atoms with van der Waals surface area (Å²) in [5, 5.41) is 10.0. The van der Waals surface area contributed by atoms with E-state index in [2.05, 4.69) is 0 Å². The number of carbonyl (C=O) groups is 1. The molecule has 0 aromatic rings. The van der Waals surface area contributed by atoms with Crippen LogP contribution < -0.4 is 5.11 Å². The van der Waals surface area contributed by atoms with Gasteiger partial charge in [0.2, 0.25) is 0 Å². The number of ether oxygens (including phenoxy) is 2. The van der Waals surface area contributed by atoms with Gasteiger partial charge in [0.05, 0.1) is 25.8 Å². The molecule has 52 valence electrons. The van der Waals surface area contributed by atoms with Crippen molar-refractivity contribution in [2.24, 2.45) is 0 Å². The number of carboxylic acid groups (broad SMARTS) is 1. The number of aliphatic carboxylic acids is 1. The van der Waals surface area contributed by atoms with E-state index in [4.69, 9.17) is 9.47 Å². The highest BCUT2D eigenvalue weighted by atomic mass is 16.6. The monoisotopic (exact) mass is 131 g/mol. The standard InChI is InChI=1S/C5H8O4/c6-5(7)4-3-8-1-2-9-4/h4H,1-3H2,(H,6,7)/p-1/t4-/m1/s1. The van der Waals surface area contributed by atoms with E-state index >= 15 is 0 Å². The maximum atomic E-state index is 10.0. The Bertz CT molecular complexity index is 106. The zero-order valence-electron chi connectivity index (χ0n) is 4.83. The topological polar surface area (TPSA) is 58.6 Å². The number of hydrogen-bond donors (Lipinski definition) is 0. The molecule has 1 aliphatic heterocycles. The summed E-state index contributed by atoms with van der Waals surface area (Å²) in [5.74, 6) is -1.20. The average molecular weight is 131 g/mol. The van der Waals surface area contributed by atoms with Crippen molar-refractivity contribution in [2.75, 3.05) is 19.8 Å². The maximum absolute atomic E-state index is 10.0. The number of carboxylic acids is 1. The molecule has 0 spiro atoms. The Morgan fingerprint density at radius 1 is 1.56 bits per heavy atom. The Labute approximate surface area is 52.4 Å². The molecule has 0 unspecified atom stereocenters. The van der Waals surface area contributed by atoms with Gasteiger partial charge in [-0.1, -0.05) is 0 Å². The van der Waals surface area contributed by atoms with Gasteiger partial charge in [-0.2, -0.15) is 0 Å². The zero-order valence-corrected chi connectivity index (χ0v) is 4.83. The number of hydrogen-bond acceptors (Lipinski definition) is 4. The third kappa shape index (κ3) is 1.65. The fourth-order valence-electron chi connectivity index (χ4n) is 0.624. The summed E-state index contributed by atoms with van der Waals surface area (Å²) >= 11 is 0. The van der Waals surface area contributed by atoms with Crippen LogP contribution in [0.25, 0.3) is 0 Å². The first-order chi connectivity index (χ1) is 4.30. The van der Waals surface area contributed by atoms with Crippen LogP contribution in [-0.2, 0) is 14.3 Å². The second-order valence-electron chi connectivity index (χ2n) is 1.75. The van der Waals surface area contributed by atoms with Gasteiger partial charge < -0.3 is 19.4 Å². The van der Waals surface area contributed by atoms with E-state index in [1.807, 2.05) is 0 Å². The minimum Gasteiger partial charge on any atom is -0.547 e. The van der Waals surface area contributed by atoms with Gasteiger partial charge in [0.25, 0.3) is 0 Å². The van der Waals surface area contributed by atoms with Gasteiger partial charge in [-0.25, -0.2) is 0 Å². The number of carbonyl (C=O) groups excluding carboxylic acids is 1. The molecule has 0 radical (unpaired) electrons. The molecule has 0 saturated carbocycles. The second kappa shape index (κ2) is 2.80. The van der Waals surface area contributed by atoms with Crippen molar-refractivity contribution in [1.82, 2.24) is 0 Å². The van der Waals surface area contributed by atoms with Crippen LogP contribution in [0.5, 0.6) is 0 Å². The molecule has 4 heteroatoms. The molecular formula is C5H7O4-. The third-order valence-corrected chi connectivity index (χ3v) is 1.08. The molecule has 1 fully saturated rings. The molecule has 1 heterocycles. The van der Waals surface area contributed by atoms with Crippen LogP contribution in [0.2, 0.25) is 0 Å². The fourth-order valence-corrected chi connectivity index (χ4v) is 0.624. The summed E-state index contributed by atoms with van der Waals surface area (Å²) < 4.78 is 9.55. The fraction of sp³-hybridized carbons (Fsp3) is 0.800. The quantitative estimate of drug-likeness (QED) is 0.419. The molecule has 1 rings (SSSR count). The second-order valence-corrected chi connectivity index (χ2v) is 1.75. The van der Waals surface area contributed by atoms with Crippen LogP contribution in [0.1, 0.15) is 0 Å². The van der Waals surface area contributed by atoms with Crippen LogP contribution in [0.3, 0.4) is 0 Å². The smallest absolute Gasteiger partial charge is 0.120 e. The SMILES string of the molecule is O=C([O-])[C@H]1COCCO1. The van der Waals surface area contributed by atoms with Crippen molar-refractivity contribution in [3.8, 4) is 0 Å². The molecule has 9 heavy (non-hydrogen) atoms. The Kier molecular flexibility index (Phi) is 2.02. The summed E-state index contributed by atoms with van der Waals surface area (Å²) in [6.45, 7) is 0.935. The Morgan fingerprint density at radius 2 is 2.33 bits per heavy atom. The number of rotatable bonds is 1. The first kappa shape index (κ1) is 6.51. The van der Waals surface area contributed by atoms with Gasteiger partial charge in [0, 0.05) is 0 Å². The highest BCUT2D eigenvalue weighted by Gasteiger charge is 2.14. The predicted molar refractivity (Wildman–Crippen MR) is 25.6 cm³/mol. The molecule has 0 amide bonds. The maximum Gasteiger partial charge on any atom is 0.120 e. The van der Waals surface area contributed by atoms with Crippen LogP contribution >= 0.6 is 0 Å². The zero-order chi connectivity index (χ0) is 6.69. The van der Waals surface area contributed by atoms with Crippen LogP contribution in [0, 0.1) is 0 Å². The molecule has 1 saturated heterocycles. The summed E-state index contributed by atoms with van der Waals surface area (Å²) in [7, 11) is 0. The third-order valence-electron chi connectivity index (χ3n) is 1.08. The van der Waals surface area contributed by atoms with E-state index < -0.39 is 12.1 Å². The highest BCUT2D eigenvalue weighted by Crippen LogP contribution is 1.97. The molecule has 0 aliphatic carbocycles. The molecule has 1 atom stereocenters. The van der Waals surface area contributed by atoms with E-state index in [0.717, 1.165) is 0 Å². The minimum atomic E-state index is -1.20. The van der Waals surface area contributed by atoms with Gasteiger partial charge >= 0.3 is 0 Å². The van der Waals surface area contributed by atoms with Crippen molar-refractivity contribution in [3.63, 3.8) is 0 Å². The van der Waals surface area contributed by atoms with E-state index in [0.29, 0.717) is 13.2 Å². The van der Waals surface area contributed by atoms with Gasteiger partial charge in [-0.05, 0) is 0 Å². The highest BCUT2D eigenvalue weighted by molar-refractivity contribution is 5.70. The lowest BCUT2D eigenvalue weighted by Crippen LogP contribution is -2.43. The van der Waals surface area contributed by atoms with Crippen molar-refractivity contribution in [2.45, 2.75) is 6.10 Å². The van der Waals surface area contributed by atoms with Gasteiger partial charge in [-0.15, -0.1) is 0 Å².